The smallest absolute Gasteiger partial charge is 0.322 e. The molecule has 1 aromatic carbocycles. The number of methoxy groups -OCH3 is 1. The number of nitrogens with zero attached hydrogens (tertiary/aromatic N) is 2. The van der Waals surface area contributed by atoms with E-state index < -0.39 is 0 Å². The van der Waals surface area contributed by atoms with Gasteiger partial charge in [-0.25, -0.2) is 4.79 Å². The van der Waals surface area contributed by atoms with Crippen molar-refractivity contribution in [1.82, 2.24) is 4.90 Å². The molecule has 0 spiro atoms. The van der Waals surface area contributed by atoms with E-state index in [1.54, 1.807) is 13.2 Å². The number of urea groups is 1. The van der Waals surface area contributed by atoms with Gasteiger partial charge in [0, 0.05) is 32.0 Å². The molecule has 24 heavy (non-hydrogen) atoms. The van der Waals surface area contributed by atoms with Gasteiger partial charge in [0.05, 0.1) is 11.6 Å². The van der Waals surface area contributed by atoms with E-state index in [4.69, 9.17) is 10.00 Å². The Hall–Kier alpha value is -2.06. The molecule has 1 N–H and O–H groups in total. The first-order valence-electron chi connectivity index (χ1n) is 8.79. The molecule has 0 aliphatic carbocycles. The summed E-state index contributed by atoms with van der Waals surface area (Å²) in [5, 5.41) is 12.1. The third kappa shape index (κ3) is 4.72. The molecule has 5 nitrogen and oxygen atoms in total. The van der Waals surface area contributed by atoms with Crippen molar-refractivity contribution in [1.29, 1.82) is 5.26 Å². The number of benzene rings is 1. The van der Waals surface area contributed by atoms with Gasteiger partial charge >= 0.3 is 6.03 Å². The van der Waals surface area contributed by atoms with Crippen LogP contribution in [0.15, 0.2) is 18.2 Å². The molecule has 1 unspecified atom stereocenters. The molecule has 1 fully saturated rings. The van der Waals surface area contributed by atoms with Gasteiger partial charge in [-0.05, 0) is 62.3 Å². The van der Waals surface area contributed by atoms with Crippen molar-refractivity contribution >= 4 is 11.7 Å². The Morgan fingerprint density at radius 1 is 1.46 bits per heavy atom. The highest BCUT2D eigenvalue weighted by Gasteiger charge is 2.26. The topological polar surface area (TPSA) is 65.4 Å². The Balaban J connectivity index is 2.05. The van der Waals surface area contributed by atoms with E-state index in [-0.39, 0.29) is 12.1 Å². The summed E-state index contributed by atoms with van der Waals surface area (Å²) in [4.78, 5) is 14.7. The van der Waals surface area contributed by atoms with Crippen molar-refractivity contribution < 1.29 is 9.53 Å². The lowest BCUT2D eigenvalue weighted by Crippen LogP contribution is -2.46. The highest BCUT2D eigenvalue weighted by Crippen LogP contribution is 2.24. The van der Waals surface area contributed by atoms with E-state index in [1.807, 2.05) is 24.0 Å². The third-order valence-corrected chi connectivity index (χ3v) is 4.63. The summed E-state index contributed by atoms with van der Waals surface area (Å²) >= 11 is 0. The number of nitriles is 1. The number of ether oxygens (including phenoxy) is 1. The van der Waals surface area contributed by atoms with Gasteiger partial charge < -0.3 is 15.0 Å². The SMILES string of the molecule is CCc1cc(C#N)ccc1NC(=O)N1CCCCC1CCCOC. The van der Waals surface area contributed by atoms with Crippen molar-refractivity contribution in [3.8, 4) is 6.07 Å². The average Bonchev–Trinajstić information content (AvgIpc) is 2.62. The maximum absolute atomic E-state index is 12.8. The number of piperidine rings is 1. The van der Waals surface area contributed by atoms with Crippen LogP contribution in [0.1, 0.15) is 50.2 Å². The van der Waals surface area contributed by atoms with Crippen molar-refractivity contribution in [3.63, 3.8) is 0 Å². The Labute approximate surface area is 144 Å². The summed E-state index contributed by atoms with van der Waals surface area (Å²) in [6, 6.07) is 7.84. The van der Waals surface area contributed by atoms with Gasteiger partial charge in [0.15, 0.2) is 0 Å². The van der Waals surface area contributed by atoms with E-state index in [0.717, 1.165) is 56.5 Å². The molecule has 1 aromatic rings. The molecule has 0 radical (unpaired) electrons. The number of likely N-dealkylation sites (tertiary alicyclic amines) is 1. The van der Waals surface area contributed by atoms with Crippen LogP contribution < -0.4 is 5.32 Å². The minimum Gasteiger partial charge on any atom is -0.385 e. The summed E-state index contributed by atoms with van der Waals surface area (Å²) in [5.41, 5.74) is 2.43. The second-order valence-electron chi connectivity index (χ2n) is 6.25. The standard InChI is InChI=1S/C19H27N3O2/c1-3-16-13-15(14-20)9-10-18(16)21-19(23)22-11-5-4-7-17(22)8-6-12-24-2/h9-10,13,17H,3-8,11-12H2,1-2H3,(H,21,23). The van der Waals surface area contributed by atoms with Crippen LogP contribution in [0.3, 0.4) is 0 Å². The molecule has 2 rings (SSSR count). The Morgan fingerprint density at radius 3 is 3.00 bits per heavy atom. The second-order valence-corrected chi connectivity index (χ2v) is 6.25. The summed E-state index contributed by atoms with van der Waals surface area (Å²) in [7, 11) is 1.71. The summed E-state index contributed by atoms with van der Waals surface area (Å²) in [5.74, 6) is 0. The van der Waals surface area contributed by atoms with Crippen LogP contribution in [0, 0.1) is 11.3 Å². The van der Waals surface area contributed by atoms with Gasteiger partial charge in [-0.15, -0.1) is 0 Å². The zero-order valence-corrected chi connectivity index (χ0v) is 14.7. The lowest BCUT2D eigenvalue weighted by atomic mass is 9.98. The largest absolute Gasteiger partial charge is 0.385 e. The number of hydrogen-bond donors (Lipinski definition) is 1. The zero-order valence-electron chi connectivity index (χ0n) is 14.7. The number of rotatable bonds is 6. The first-order chi connectivity index (χ1) is 11.7. The predicted molar refractivity (Wildman–Crippen MR) is 95.0 cm³/mol. The van der Waals surface area contributed by atoms with Crippen LogP contribution in [-0.2, 0) is 11.2 Å². The second kappa shape index (κ2) is 9.29. The first kappa shape index (κ1) is 18.3. The fourth-order valence-corrected chi connectivity index (χ4v) is 3.30. The maximum atomic E-state index is 12.8. The number of hydrogen-bond acceptors (Lipinski definition) is 3. The first-order valence-corrected chi connectivity index (χ1v) is 8.79. The van der Waals surface area contributed by atoms with Gasteiger partial charge in [0.1, 0.15) is 0 Å². The highest BCUT2D eigenvalue weighted by atomic mass is 16.5. The number of aryl methyl sites for hydroxylation is 1. The monoisotopic (exact) mass is 329 g/mol. The van der Waals surface area contributed by atoms with Crippen molar-refractivity contribution in [2.45, 2.75) is 51.5 Å². The molecule has 0 aromatic heterocycles. The van der Waals surface area contributed by atoms with Crippen molar-refractivity contribution in [2.75, 3.05) is 25.6 Å². The fourth-order valence-electron chi connectivity index (χ4n) is 3.30. The lowest BCUT2D eigenvalue weighted by molar-refractivity contribution is 0.141. The zero-order chi connectivity index (χ0) is 17.4. The van der Waals surface area contributed by atoms with E-state index in [1.165, 1.54) is 6.42 Å². The van der Waals surface area contributed by atoms with Crippen LogP contribution in [-0.4, -0.2) is 37.2 Å². The van der Waals surface area contributed by atoms with Crippen LogP contribution in [0.25, 0.3) is 0 Å². The fraction of sp³-hybridized carbons (Fsp3) is 0.579. The van der Waals surface area contributed by atoms with Gasteiger partial charge in [0.2, 0.25) is 0 Å². The molecule has 2 amide bonds. The molecule has 1 saturated heterocycles. The van der Waals surface area contributed by atoms with Gasteiger partial charge in [-0.1, -0.05) is 6.92 Å². The van der Waals surface area contributed by atoms with Crippen LogP contribution >= 0.6 is 0 Å². The number of anilines is 1. The van der Waals surface area contributed by atoms with Crippen molar-refractivity contribution in [3.05, 3.63) is 29.3 Å². The molecule has 0 saturated carbocycles. The molecule has 1 heterocycles. The molecular formula is C19H27N3O2. The van der Waals surface area contributed by atoms with E-state index in [2.05, 4.69) is 11.4 Å². The highest BCUT2D eigenvalue weighted by molar-refractivity contribution is 5.90. The summed E-state index contributed by atoms with van der Waals surface area (Å²) < 4.78 is 5.13. The number of amides is 2. The molecule has 1 aliphatic heterocycles. The van der Waals surface area contributed by atoms with E-state index in [0.29, 0.717) is 5.56 Å². The van der Waals surface area contributed by atoms with Gasteiger partial charge in [-0.2, -0.15) is 5.26 Å². The molecule has 0 bridgehead atoms. The van der Waals surface area contributed by atoms with Crippen LogP contribution in [0.2, 0.25) is 0 Å². The average molecular weight is 329 g/mol. The minimum absolute atomic E-state index is 0.0310. The van der Waals surface area contributed by atoms with Crippen LogP contribution in [0.4, 0.5) is 10.5 Å². The Bertz CT molecular complexity index is 595. The van der Waals surface area contributed by atoms with E-state index in [9.17, 15) is 4.79 Å². The minimum atomic E-state index is -0.0310. The van der Waals surface area contributed by atoms with Gasteiger partial charge in [-0.3, -0.25) is 0 Å². The molecule has 1 atom stereocenters. The Kier molecular flexibility index (Phi) is 7.07. The molecule has 5 heteroatoms. The summed E-state index contributed by atoms with van der Waals surface area (Å²) in [6.45, 7) is 3.57. The Morgan fingerprint density at radius 2 is 2.29 bits per heavy atom. The number of carbonyl (C=O) groups excluding carboxylic acids is 1. The number of carbonyl (C=O) groups is 1. The molecule has 130 valence electrons. The molecular weight excluding hydrogens is 302 g/mol. The normalized spacial score (nSPS) is 17.4. The van der Waals surface area contributed by atoms with Crippen LogP contribution in [0.5, 0.6) is 0 Å². The third-order valence-electron chi connectivity index (χ3n) is 4.63. The van der Waals surface area contributed by atoms with Crippen molar-refractivity contribution in [2.24, 2.45) is 0 Å². The lowest BCUT2D eigenvalue weighted by Gasteiger charge is -2.36. The van der Waals surface area contributed by atoms with E-state index >= 15 is 0 Å². The number of nitrogens with one attached hydrogen (secondary N) is 1. The maximum Gasteiger partial charge on any atom is 0.322 e. The quantitative estimate of drug-likeness (QED) is 0.804. The summed E-state index contributed by atoms with van der Waals surface area (Å²) in [6.07, 6.45) is 6.03. The predicted octanol–water partition coefficient (Wildman–Crippen LogP) is 3.93. The van der Waals surface area contributed by atoms with Gasteiger partial charge in [0.25, 0.3) is 0 Å². The molecule has 1 aliphatic rings.